The minimum atomic E-state index is -0.432. The highest BCUT2D eigenvalue weighted by Crippen LogP contribution is 2.41. The van der Waals surface area contributed by atoms with Crippen LogP contribution in [0.15, 0.2) is 24.3 Å². The minimum Gasteiger partial charge on any atom is -0.494 e. The van der Waals surface area contributed by atoms with Crippen molar-refractivity contribution in [1.29, 1.82) is 0 Å². The predicted molar refractivity (Wildman–Crippen MR) is 82.5 cm³/mol. The second-order valence-electron chi connectivity index (χ2n) is 5.64. The zero-order valence-corrected chi connectivity index (χ0v) is 12.7. The zero-order valence-electron chi connectivity index (χ0n) is 12.7. The third-order valence-electron chi connectivity index (χ3n) is 4.17. The van der Waals surface area contributed by atoms with Crippen LogP contribution in [0.25, 0.3) is 0 Å². The minimum absolute atomic E-state index is 0.0222. The molecule has 1 fully saturated rings. The van der Waals surface area contributed by atoms with E-state index in [1.807, 2.05) is 24.3 Å². The fourth-order valence-electron chi connectivity index (χ4n) is 3.05. The topological polar surface area (TPSA) is 58.6 Å². The molecule has 0 saturated heterocycles. The quantitative estimate of drug-likeness (QED) is 0.811. The van der Waals surface area contributed by atoms with Crippen LogP contribution in [0.1, 0.15) is 44.6 Å². The van der Waals surface area contributed by atoms with Crippen LogP contribution in [-0.4, -0.2) is 30.8 Å². The Bertz CT molecular complexity index is 450. The molecule has 2 rings (SSSR count). The molecule has 0 atom stereocenters. The Morgan fingerprint density at radius 2 is 1.95 bits per heavy atom. The van der Waals surface area contributed by atoms with Crippen molar-refractivity contribution in [1.82, 2.24) is 5.32 Å². The molecule has 116 valence electrons. The third-order valence-corrected chi connectivity index (χ3v) is 4.17. The third kappa shape index (κ3) is 3.56. The summed E-state index contributed by atoms with van der Waals surface area (Å²) in [5.41, 5.74) is 0.623. The lowest BCUT2D eigenvalue weighted by Crippen LogP contribution is -2.43. The van der Waals surface area contributed by atoms with Crippen LogP contribution in [0.4, 0.5) is 0 Å². The van der Waals surface area contributed by atoms with Gasteiger partial charge in [0.15, 0.2) is 0 Å². The van der Waals surface area contributed by atoms with E-state index in [0.29, 0.717) is 13.2 Å². The molecule has 21 heavy (non-hydrogen) atoms. The Hall–Kier alpha value is -1.55. The van der Waals surface area contributed by atoms with Gasteiger partial charge in [-0.15, -0.1) is 0 Å². The molecule has 4 heteroatoms. The van der Waals surface area contributed by atoms with E-state index < -0.39 is 5.41 Å². The maximum Gasteiger partial charge on any atom is 0.230 e. The average Bonchev–Trinajstić information content (AvgIpc) is 3.02. The van der Waals surface area contributed by atoms with Crippen molar-refractivity contribution in [2.75, 3.05) is 19.8 Å². The molecule has 2 N–H and O–H groups in total. The molecule has 1 amide bonds. The molecule has 1 aliphatic rings. The summed E-state index contributed by atoms with van der Waals surface area (Å²) in [7, 11) is 0. The molecule has 0 unspecified atom stereocenters. The number of benzene rings is 1. The Balaban J connectivity index is 2.16. The molecule has 0 heterocycles. The molecule has 1 aromatic rings. The van der Waals surface area contributed by atoms with Crippen molar-refractivity contribution >= 4 is 5.91 Å². The first-order valence-corrected chi connectivity index (χ1v) is 7.85. The van der Waals surface area contributed by atoms with Gasteiger partial charge in [-0.2, -0.15) is 0 Å². The van der Waals surface area contributed by atoms with E-state index in [1.54, 1.807) is 0 Å². The standard InChI is InChI=1S/C17H25NO3/c1-2-13-21-15-7-5-14(6-8-15)17(9-3-4-10-17)16(20)18-11-12-19/h5-8,19H,2-4,9-13H2,1H3,(H,18,20). The second-order valence-corrected chi connectivity index (χ2v) is 5.64. The van der Waals surface area contributed by atoms with Gasteiger partial charge >= 0.3 is 0 Å². The van der Waals surface area contributed by atoms with Crippen LogP contribution in [0.3, 0.4) is 0 Å². The molecular formula is C17H25NO3. The van der Waals surface area contributed by atoms with Crippen molar-refractivity contribution in [3.63, 3.8) is 0 Å². The van der Waals surface area contributed by atoms with Gasteiger partial charge in [0.2, 0.25) is 5.91 Å². The van der Waals surface area contributed by atoms with Crippen LogP contribution < -0.4 is 10.1 Å². The molecule has 1 saturated carbocycles. The summed E-state index contributed by atoms with van der Waals surface area (Å²) in [5.74, 6) is 0.890. The van der Waals surface area contributed by atoms with E-state index in [-0.39, 0.29) is 12.5 Å². The number of aliphatic hydroxyl groups excluding tert-OH is 1. The second kappa shape index (κ2) is 7.46. The number of ether oxygens (including phenoxy) is 1. The Labute approximate surface area is 126 Å². The predicted octanol–water partition coefficient (Wildman–Crippen LogP) is 2.40. The first-order valence-electron chi connectivity index (χ1n) is 7.85. The van der Waals surface area contributed by atoms with E-state index in [0.717, 1.165) is 43.4 Å². The SMILES string of the molecule is CCCOc1ccc(C2(C(=O)NCCO)CCCC2)cc1. The van der Waals surface area contributed by atoms with E-state index in [2.05, 4.69) is 12.2 Å². The van der Waals surface area contributed by atoms with Crippen LogP contribution in [0, 0.1) is 0 Å². The number of rotatable bonds is 7. The van der Waals surface area contributed by atoms with Gasteiger partial charge in [0.25, 0.3) is 0 Å². The largest absolute Gasteiger partial charge is 0.494 e. The summed E-state index contributed by atoms with van der Waals surface area (Å²) >= 11 is 0. The van der Waals surface area contributed by atoms with Crippen LogP contribution in [-0.2, 0) is 10.2 Å². The highest BCUT2D eigenvalue weighted by Gasteiger charge is 2.42. The van der Waals surface area contributed by atoms with Gasteiger partial charge in [0.1, 0.15) is 5.75 Å². The molecular weight excluding hydrogens is 266 g/mol. The van der Waals surface area contributed by atoms with E-state index in [1.165, 1.54) is 0 Å². The molecule has 1 aromatic carbocycles. The first kappa shape index (κ1) is 15.8. The van der Waals surface area contributed by atoms with E-state index in [9.17, 15) is 4.79 Å². The Kier molecular flexibility index (Phi) is 5.62. The molecule has 0 spiro atoms. The van der Waals surface area contributed by atoms with Crippen LogP contribution in [0.2, 0.25) is 0 Å². The van der Waals surface area contributed by atoms with Crippen molar-refractivity contribution in [3.05, 3.63) is 29.8 Å². The smallest absolute Gasteiger partial charge is 0.230 e. The van der Waals surface area contributed by atoms with Crippen molar-refractivity contribution in [2.24, 2.45) is 0 Å². The van der Waals surface area contributed by atoms with Crippen LogP contribution >= 0.6 is 0 Å². The number of hydrogen-bond donors (Lipinski definition) is 2. The van der Waals surface area contributed by atoms with E-state index >= 15 is 0 Å². The summed E-state index contributed by atoms with van der Waals surface area (Å²) in [6.45, 7) is 3.08. The fraction of sp³-hybridized carbons (Fsp3) is 0.588. The number of amides is 1. The van der Waals surface area contributed by atoms with Crippen LogP contribution in [0.5, 0.6) is 5.75 Å². The lowest BCUT2D eigenvalue weighted by molar-refractivity contribution is -0.126. The molecule has 0 aliphatic heterocycles. The summed E-state index contributed by atoms with van der Waals surface area (Å²) in [4.78, 5) is 12.5. The molecule has 0 aromatic heterocycles. The number of carbonyl (C=O) groups excluding carboxylic acids is 1. The molecule has 0 radical (unpaired) electrons. The number of aliphatic hydroxyl groups is 1. The monoisotopic (exact) mass is 291 g/mol. The van der Waals surface area contributed by atoms with Gasteiger partial charge in [0.05, 0.1) is 18.6 Å². The van der Waals surface area contributed by atoms with Crippen molar-refractivity contribution in [2.45, 2.75) is 44.4 Å². The van der Waals surface area contributed by atoms with Crippen molar-refractivity contribution < 1.29 is 14.6 Å². The normalized spacial score (nSPS) is 16.7. The maximum atomic E-state index is 12.5. The first-order chi connectivity index (χ1) is 10.2. The lowest BCUT2D eigenvalue weighted by atomic mass is 9.78. The number of nitrogens with one attached hydrogen (secondary N) is 1. The zero-order chi connectivity index (χ0) is 15.1. The molecule has 0 bridgehead atoms. The summed E-state index contributed by atoms with van der Waals surface area (Å²) in [5, 5.41) is 11.7. The molecule has 4 nitrogen and oxygen atoms in total. The summed E-state index contributed by atoms with van der Waals surface area (Å²) in [6.07, 6.45) is 4.87. The highest BCUT2D eigenvalue weighted by molar-refractivity contribution is 5.88. The fourth-order valence-corrected chi connectivity index (χ4v) is 3.05. The number of hydrogen-bond acceptors (Lipinski definition) is 3. The number of carbonyl (C=O) groups is 1. The van der Waals surface area contributed by atoms with Gasteiger partial charge < -0.3 is 15.2 Å². The summed E-state index contributed by atoms with van der Waals surface area (Å²) in [6, 6.07) is 7.92. The Morgan fingerprint density at radius 3 is 2.52 bits per heavy atom. The van der Waals surface area contributed by atoms with Gasteiger partial charge in [-0.3, -0.25) is 4.79 Å². The lowest BCUT2D eigenvalue weighted by Gasteiger charge is -2.28. The molecule has 1 aliphatic carbocycles. The van der Waals surface area contributed by atoms with E-state index in [4.69, 9.17) is 9.84 Å². The van der Waals surface area contributed by atoms with Gasteiger partial charge in [0, 0.05) is 6.54 Å². The van der Waals surface area contributed by atoms with Gasteiger partial charge in [-0.05, 0) is 37.0 Å². The average molecular weight is 291 g/mol. The van der Waals surface area contributed by atoms with Crippen molar-refractivity contribution in [3.8, 4) is 5.75 Å². The van der Waals surface area contributed by atoms with Gasteiger partial charge in [-0.25, -0.2) is 0 Å². The van der Waals surface area contributed by atoms with Gasteiger partial charge in [-0.1, -0.05) is 31.9 Å². The summed E-state index contributed by atoms with van der Waals surface area (Å²) < 4.78 is 5.60. The maximum absolute atomic E-state index is 12.5. The highest BCUT2D eigenvalue weighted by atomic mass is 16.5. The Morgan fingerprint density at radius 1 is 1.29 bits per heavy atom.